The van der Waals surface area contributed by atoms with Gasteiger partial charge in [0.15, 0.2) is 0 Å². The zero-order valence-electron chi connectivity index (χ0n) is 5.70. The maximum Gasteiger partial charge on any atom is 0.216 e. The molecule has 0 saturated heterocycles. The minimum Gasteiger partial charge on any atom is -0.350 e. The topological polar surface area (TPSA) is 27.1 Å². The van der Waals surface area contributed by atoms with Crippen molar-refractivity contribution in [1.82, 2.24) is 9.55 Å². The number of nitrogens with zero attached hydrogens (tertiary/aromatic N) is 2. The first-order valence-corrected chi connectivity index (χ1v) is 2.95. The lowest BCUT2D eigenvalue weighted by Crippen LogP contribution is -2.11. The molecule has 1 aromatic rings. The highest BCUT2D eigenvalue weighted by molar-refractivity contribution is 4.74. The summed E-state index contributed by atoms with van der Waals surface area (Å²) in [5.74, 6) is 0. The molecule has 0 aliphatic carbocycles. The second-order valence-electron chi connectivity index (χ2n) is 1.91. The molecular weight excluding hydrogens is 135 g/mol. The molecule has 0 aromatic carbocycles. The average molecular weight is 144 g/mol. The number of halogens is 1. The summed E-state index contributed by atoms with van der Waals surface area (Å²) in [6, 6.07) is 0. The van der Waals surface area contributed by atoms with Crippen LogP contribution in [0.2, 0.25) is 0 Å². The van der Waals surface area contributed by atoms with Crippen molar-refractivity contribution in [1.29, 1.82) is 0 Å². The highest BCUT2D eigenvalue weighted by atomic mass is 19.1. The van der Waals surface area contributed by atoms with E-state index in [1.807, 2.05) is 0 Å². The van der Waals surface area contributed by atoms with Crippen molar-refractivity contribution in [3.8, 4) is 0 Å². The van der Waals surface area contributed by atoms with Crippen molar-refractivity contribution >= 4 is 0 Å². The third-order valence-electron chi connectivity index (χ3n) is 1.17. The molecular formula is C6H9FN2O. The van der Waals surface area contributed by atoms with Gasteiger partial charge in [-0.2, -0.15) is 0 Å². The maximum atomic E-state index is 12.4. The Kier molecular flexibility index (Phi) is 2.39. The number of rotatable bonds is 3. The van der Waals surface area contributed by atoms with E-state index in [4.69, 9.17) is 0 Å². The van der Waals surface area contributed by atoms with Gasteiger partial charge in [-0.1, -0.05) is 0 Å². The Hall–Kier alpha value is -0.900. The Morgan fingerprint density at radius 3 is 3.10 bits per heavy atom. The van der Waals surface area contributed by atoms with Gasteiger partial charge < -0.3 is 9.30 Å². The van der Waals surface area contributed by atoms with Gasteiger partial charge in [0.05, 0.1) is 12.9 Å². The van der Waals surface area contributed by atoms with Gasteiger partial charge in [0.2, 0.25) is 6.36 Å². The van der Waals surface area contributed by atoms with E-state index in [1.54, 1.807) is 23.3 Å². The molecule has 4 heteroatoms. The standard InChI is InChI=1S/C6H9FN2O/c1-10-6(7)4-9-3-2-8-5-9/h2-3,5-6H,4H2,1H3. The molecule has 1 aromatic heterocycles. The lowest BCUT2D eigenvalue weighted by molar-refractivity contribution is -0.0168. The SMILES string of the molecule is COC(F)Cn1ccnc1. The quantitative estimate of drug-likeness (QED) is 0.628. The predicted octanol–water partition coefficient (Wildman–Crippen LogP) is 0.825. The second kappa shape index (κ2) is 3.31. The van der Waals surface area contributed by atoms with Crippen LogP contribution in [0, 0.1) is 0 Å². The molecule has 0 bridgehead atoms. The normalized spacial score (nSPS) is 13.4. The summed E-state index contributed by atoms with van der Waals surface area (Å²) in [4.78, 5) is 3.75. The van der Waals surface area contributed by atoms with Crippen LogP contribution in [0.1, 0.15) is 0 Å². The van der Waals surface area contributed by atoms with Gasteiger partial charge in [-0.05, 0) is 0 Å². The van der Waals surface area contributed by atoms with Crippen molar-refractivity contribution in [2.45, 2.75) is 12.9 Å². The fraction of sp³-hybridized carbons (Fsp3) is 0.500. The first-order chi connectivity index (χ1) is 4.83. The molecule has 0 radical (unpaired) electrons. The summed E-state index contributed by atoms with van der Waals surface area (Å²) in [5, 5.41) is 0. The third-order valence-corrected chi connectivity index (χ3v) is 1.17. The Morgan fingerprint density at radius 1 is 1.80 bits per heavy atom. The number of alkyl halides is 1. The predicted molar refractivity (Wildman–Crippen MR) is 34.1 cm³/mol. The van der Waals surface area contributed by atoms with Crippen molar-refractivity contribution in [3.05, 3.63) is 18.7 Å². The van der Waals surface area contributed by atoms with Gasteiger partial charge in [-0.25, -0.2) is 9.37 Å². The van der Waals surface area contributed by atoms with E-state index in [2.05, 4.69) is 9.72 Å². The molecule has 10 heavy (non-hydrogen) atoms. The summed E-state index contributed by atoms with van der Waals surface area (Å²) >= 11 is 0. The molecule has 3 nitrogen and oxygen atoms in total. The van der Waals surface area contributed by atoms with Gasteiger partial charge >= 0.3 is 0 Å². The van der Waals surface area contributed by atoms with Crippen LogP contribution < -0.4 is 0 Å². The zero-order valence-corrected chi connectivity index (χ0v) is 5.70. The van der Waals surface area contributed by atoms with Crippen LogP contribution in [-0.4, -0.2) is 23.0 Å². The fourth-order valence-electron chi connectivity index (χ4n) is 0.635. The lowest BCUT2D eigenvalue weighted by Gasteiger charge is -2.04. The van der Waals surface area contributed by atoms with E-state index < -0.39 is 6.36 Å². The summed E-state index contributed by atoms with van der Waals surface area (Å²) in [6.07, 6.45) is 3.59. The molecule has 0 fully saturated rings. The van der Waals surface area contributed by atoms with Gasteiger partial charge in [0, 0.05) is 19.5 Å². The number of methoxy groups -OCH3 is 1. The Bertz CT molecular complexity index is 176. The minimum atomic E-state index is -1.24. The van der Waals surface area contributed by atoms with E-state index in [9.17, 15) is 4.39 Å². The lowest BCUT2D eigenvalue weighted by atomic mass is 10.6. The van der Waals surface area contributed by atoms with Gasteiger partial charge in [0.25, 0.3) is 0 Å². The van der Waals surface area contributed by atoms with E-state index in [1.165, 1.54) is 7.11 Å². The van der Waals surface area contributed by atoms with E-state index in [-0.39, 0.29) is 6.54 Å². The van der Waals surface area contributed by atoms with Crippen molar-refractivity contribution in [2.75, 3.05) is 7.11 Å². The summed E-state index contributed by atoms with van der Waals surface area (Å²) in [7, 11) is 1.33. The summed E-state index contributed by atoms with van der Waals surface area (Å²) in [5.41, 5.74) is 0. The van der Waals surface area contributed by atoms with Crippen LogP contribution in [0.25, 0.3) is 0 Å². The Morgan fingerprint density at radius 2 is 2.60 bits per heavy atom. The van der Waals surface area contributed by atoms with Crippen molar-refractivity contribution in [2.24, 2.45) is 0 Å². The molecule has 0 aliphatic rings. The van der Waals surface area contributed by atoms with Gasteiger partial charge in [-0.3, -0.25) is 0 Å². The zero-order chi connectivity index (χ0) is 7.40. The smallest absolute Gasteiger partial charge is 0.216 e. The van der Waals surface area contributed by atoms with Crippen molar-refractivity contribution in [3.63, 3.8) is 0 Å². The molecule has 0 saturated carbocycles. The molecule has 1 atom stereocenters. The van der Waals surface area contributed by atoms with Crippen LogP contribution in [-0.2, 0) is 11.3 Å². The highest BCUT2D eigenvalue weighted by Crippen LogP contribution is 1.96. The number of hydrogen-bond donors (Lipinski definition) is 0. The largest absolute Gasteiger partial charge is 0.350 e. The average Bonchev–Trinajstić information content (AvgIpc) is 2.40. The molecule has 1 unspecified atom stereocenters. The number of hydrogen-bond acceptors (Lipinski definition) is 2. The third kappa shape index (κ3) is 1.80. The molecule has 56 valence electrons. The van der Waals surface area contributed by atoms with Crippen LogP contribution in [0.15, 0.2) is 18.7 Å². The highest BCUT2D eigenvalue weighted by Gasteiger charge is 2.02. The molecule has 1 heterocycles. The molecule has 0 spiro atoms. The summed E-state index contributed by atoms with van der Waals surface area (Å²) in [6.45, 7) is 0.205. The first kappa shape index (κ1) is 7.21. The van der Waals surface area contributed by atoms with Crippen LogP contribution in [0.4, 0.5) is 4.39 Å². The van der Waals surface area contributed by atoms with E-state index in [0.29, 0.717) is 0 Å². The van der Waals surface area contributed by atoms with Crippen LogP contribution in [0.3, 0.4) is 0 Å². The first-order valence-electron chi connectivity index (χ1n) is 2.95. The van der Waals surface area contributed by atoms with Gasteiger partial charge in [0.1, 0.15) is 0 Å². The Labute approximate surface area is 58.4 Å². The molecule has 0 aliphatic heterocycles. The monoisotopic (exact) mass is 144 g/mol. The Balaban J connectivity index is 2.40. The number of imidazole rings is 1. The number of aromatic nitrogens is 2. The maximum absolute atomic E-state index is 12.4. The van der Waals surface area contributed by atoms with Crippen molar-refractivity contribution < 1.29 is 9.13 Å². The van der Waals surface area contributed by atoms with Crippen LogP contribution >= 0.6 is 0 Å². The van der Waals surface area contributed by atoms with Gasteiger partial charge in [-0.15, -0.1) is 0 Å². The van der Waals surface area contributed by atoms with E-state index >= 15 is 0 Å². The second-order valence-corrected chi connectivity index (χ2v) is 1.91. The molecule has 1 rings (SSSR count). The fourth-order valence-corrected chi connectivity index (χ4v) is 0.635. The molecule has 0 amide bonds. The summed E-state index contributed by atoms with van der Waals surface area (Å²) < 4.78 is 18.5. The van der Waals surface area contributed by atoms with E-state index in [0.717, 1.165) is 0 Å². The number of ether oxygens (including phenoxy) is 1. The minimum absolute atomic E-state index is 0.205. The van der Waals surface area contributed by atoms with Crippen LogP contribution in [0.5, 0.6) is 0 Å². The molecule has 0 N–H and O–H groups in total.